The van der Waals surface area contributed by atoms with Crippen LogP contribution in [0.3, 0.4) is 0 Å². The summed E-state index contributed by atoms with van der Waals surface area (Å²) in [6, 6.07) is 23.1. The lowest BCUT2D eigenvalue weighted by Gasteiger charge is -2.22. The fourth-order valence-corrected chi connectivity index (χ4v) is 4.68. The summed E-state index contributed by atoms with van der Waals surface area (Å²) >= 11 is 0. The maximum Gasteiger partial charge on any atom is 0.224 e. The summed E-state index contributed by atoms with van der Waals surface area (Å²) < 4.78 is 0. The lowest BCUT2D eigenvalue weighted by Crippen LogP contribution is -2.25. The van der Waals surface area contributed by atoms with Crippen molar-refractivity contribution in [1.82, 2.24) is 10.6 Å². The quantitative estimate of drug-likeness (QED) is 0.0798. The van der Waals surface area contributed by atoms with Crippen LogP contribution in [0.25, 0.3) is 16.8 Å². The van der Waals surface area contributed by atoms with Gasteiger partial charge in [-0.1, -0.05) is 118 Å². The van der Waals surface area contributed by atoms with Gasteiger partial charge in [-0.15, -0.1) is 0 Å². The molecule has 0 aliphatic carbocycles. The van der Waals surface area contributed by atoms with E-state index in [-0.39, 0.29) is 30.6 Å². The molecule has 6 nitrogen and oxygen atoms in total. The Bertz CT molecular complexity index is 1520. The summed E-state index contributed by atoms with van der Waals surface area (Å²) in [7, 11) is 0. The molecule has 1 unspecified atom stereocenters. The Kier molecular flexibility index (Phi) is 22.6. The molecule has 3 aromatic carbocycles. The number of allylic oxidation sites excluding steroid dienone is 5. The van der Waals surface area contributed by atoms with Crippen molar-refractivity contribution in [3.8, 4) is 0 Å². The zero-order valence-electron chi connectivity index (χ0n) is 29.6. The van der Waals surface area contributed by atoms with Crippen LogP contribution in [0, 0.1) is 6.92 Å². The molecule has 47 heavy (non-hydrogen) atoms. The monoisotopic (exact) mass is 637 g/mol. The highest BCUT2D eigenvalue weighted by molar-refractivity contribution is 5.87. The average molecular weight is 638 g/mol. The van der Waals surface area contributed by atoms with Gasteiger partial charge in [-0.05, 0) is 92.6 Å². The van der Waals surface area contributed by atoms with Gasteiger partial charge in [0.1, 0.15) is 0 Å². The van der Waals surface area contributed by atoms with Crippen molar-refractivity contribution in [3.05, 3.63) is 137 Å². The van der Waals surface area contributed by atoms with Crippen LogP contribution in [0.15, 0.2) is 121 Å². The summed E-state index contributed by atoms with van der Waals surface area (Å²) in [4.78, 5) is 31.9. The minimum absolute atomic E-state index is 0.00833. The van der Waals surface area contributed by atoms with Gasteiger partial charge in [-0.25, -0.2) is 0 Å². The van der Waals surface area contributed by atoms with Crippen LogP contribution in [-0.2, 0) is 14.4 Å². The molecule has 0 spiro atoms. The van der Waals surface area contributed by atoms with E-state index in [1.165, 1.54) is 40.5 Å². The lowest BCUT2D eigenvalue weighted by molar-refractivity contribution is -0.120. The van der Waals surface area contributed by atoms with Crippen molar-refractivity contribution in [2.24, 2.45) is 5.73 Å². The van der Waals surface area contributed by atoms with Crippen molar-refractivity contribution in [1.29, 1.82) is 0 Å². The second kappa shape index (κ2) is 25.2. The number of aryl methyl sites for hydroxylation is 1. The fourth-order valence-electron chi connectivity index (χ4n) is 4.68. The molecular weight excluding hydrogens is 582 g/mol. The fraction of sp³-hybridized carbons (Fsp3) is 0.293. The number of amides is 2. The first-order valence-corrected chi connectivity index (χ1v) is 16.2. The number of nitrogens with one attached hydrogen (secondary N) is 2. The number of hydrogen-bond donors (Lipinski definition) is 3. The highest BCUT2D eigenvalue weighted by Gasteiger charge is 2.15. The highest BCUT2D eigenvalue weighted by atomic mass is 16.1. The van der Waals surface area contributed by atoms with Gasteiger partial charge in [-0.3, -0.25) is 14.4 Å². The third-order valence-electron chi connectivity index (χ3n) is 6.86. The topological polar surface area (TPSA) is 101 Å². The van der Waals surface area contributed by atoms with E-state index in [0.717, 1.165) is 16.8 Å². The van der Waals surface area contributed by atoms with Crippen LogP contribution in [0.5, 0.6) is 0 Å². The van der Waals surface area contributed by atoms with E-state index in [1.807, 2.05) is 52.8 Å². The van der Waals surface area contributed by atoms with Gasteiger partial charge in [0.05, 0.1) is 6.42 Å². The first-order valence-electron chi connectivity index (χ1n) is 16.2. The van der Waals surface area contributed by atoms with Crippen molar-refractivity contribution in [2.45, 2.75) is 74.3 Å². The van der Waals surface area contributed by atoms with Crippen molar-refractivity contribution >= 4 is 34.9 Å². The molecular formula is C41H55N3O3. The van der Waals surface area contributed by atoms with Gasteiger partial charge in [0.15, 0.2) is 5.78 Å². The summed E-state index contributed by atoms with van der Waals surface area (Å²) in [5, 5.41) is 8.85. The van der Waals surface area contributed by atoms with E-state index < -0.39 is 0 Å². The normalized spacial score (nSPS) is 11.7. The van der Waals surface area contributed by atoms with Gasteiger partial charge in [0.2, 0.25) is 12.3 Å². The average Bonchev–Trinajstić information content (AvgIpc) is 3.06. The molecule has 2 amide bonds. The molecule has 0 saturated carbocycles. The summed E-state index contributed by atoms with van der Waals surface area (Å²) in [6.07, 6.45) is 12.6. The van der Waals surface area contributed by atoms with Crippen molar-refractivity contribution in [2.75, 3.05) is 6.54 Å². The van der Waals surface area contributed by atoms with Gasteiger partial charge in [0, 0.05) is 18.3 Å². The molecule has 3 aromatic rings. The number of fused-ring (bicyclic) bond motifs is 1. The van der Waals surface area contributed by atoms with Crippen LogP contribution in [0.4, 0.5) is 0 Å². The van der Waals surface area contributed by atoms with Crippen LogP contribution >= 0.6 is 0 Å². The van der Waals surface area contributed by atoms with Crippen LogP contribution in [0.2, 0.25) is 0 Å². The van der Waals surface area contributed by atoms with E-state index in [2.05, 4.69) is 110 Å². The molecule has 0 bridgehead atoms. The molecule has 0 fully saturated rings. The Morgan fingerprint density at radius 1 is 0.936 bits per heavy atom. The van der Waals surface area contributed by atoms with E-state index in [0.29, 0.717) is 13.0 Å². The molecule has 252 valence electrons. The zero-order chi connectivity index (χ0) is 35.6. The van der Waals surface area contributed by atoms with E-state index in [4.69, 9.17) is 4.79 Å². The predicted molar refractivity (Wildman–Crippen MR) is 202 cm³/mol. The van der Waals surface area contributed by atoms with Crippen molar-refractivity contribution < 1.29 is 14.4 Å². The van der Waals surface area contributed by atoms with Crippen LogP contribution < -0.4 is 16.4 Å². The van der Waals surface area contributed by atoms with E-state index >= 15 is 0 Å². The number of rotatable bonds is 12. The molecule has 0 radical (unpaired) electrons. The number of nitrogens with two attached hydrogens (primary N) is 1. The molecule has 1 atom stereocenters. The second-order valence-corrected chi connectivity index (χ2v) is 10.3. The highest BCUT2D eigenvalue weighted by Crippen LogP contribution is 2.27. The maximum atomic E-state index is 12.4. The predicted octanol–water partition coefficient (Wildman–Crippen LogP) is 9.09. The van der Waals surface area contributed by atoms with Gasteiger partial charge >= 0.3 is 0 Å². The third-order valence-corrected chi connectivity index (χ3v) is 6.86. The molecule has 3 rings (SSSR count). The Morgan fingerprint density at radius 3 is 2.15 bits per heavy atom. The molecule has 0 heterocycles. The minimum Gasteiger partial charge on any atom is -0.378 e. The number of ketones is 1. The first kappa shape index (κ1) is 42.0. The summed E-state index contributed by atoms with van der Waals surface area (Å²) in [5.74, 6) is -0.0439. The molecule has 0 saturated heterocycles. The van der Waals surface area contributed by atoms with E-state index in [9.17, 15) is 9.59 Å². The Hall–Kier alpha value is -4.97. The molecule has 4 N–H and O–H groups in total. The van der Waals surface area contributed by atoms with Crippen molar-refractivity contribution in [3.63, 3.8) is 0 Å². The minimum atomic E-state index is -0.0522. The zero-order valence-corrected chi connectivity index (χ0v) is 29.6. The number of benzene rings is 3. The largest absolute Gasteiger partial charge is 0.378 e. The Labute approximate surface area is 283 Å². The summed E-state index contributed by atoms with van der Waals surface area (Å²) in [6.45, 7) is 20.4. The SMILES string of the molecule is C/C=C\c1ccccc1C.C=C(NC(C)c1cccc2ccccc12)C(=C/C)/C(=C\C)CC(=O)NCC/C=C/C(C)=O.CC.NC=O. The van der Waals surface area contributed by atoms with Crippen LogP contribution in [0.1, 0.15) is 84.0 Å². The van der Waals surface area contributed by atoms with Crippen LogP contribution in [-0.4, -0.2) is 24.6 Å². The lowest BCUT2D eigenvalue weighted by atomic mass is 9.96. The molecule has 0 aromatic heterocycles. The Balaban J connectivity index is 0.00000117. The molecule has 0 aliphatic rings. The van der Waals surface area contributed by atoms with Gasteiger partial charge < -0.3 is 16.4 Å². The smallest absolute Gasteiger partial charge is 0.224 e. The maximum absolute atomic E-state index is 12.4. The number of carbonyl (C=O) groups is 3. The molecule has 6 heteroatoms. The van der Waals surface area contributed by atoms with Gasteiger partial charge in [0.25, 0.3) is 0 Å². The standard InChI is InChI=1S/C28H34N2O2.C10H12.C2H6.CH3NO/c1-6-23(19-28(32)29-18-11-10-13-20(3)31)25(7-2)21(4)30-22(5)26-17-12-15-24-14-8-9-16-27(24)26;1-3-6-10-8-5-4-7-9(10)2;1-2;2-1-3/h6-10,12-17,22,30H,4,11,18-19H2,1-3,5H3,(H,29,32);3-8H,1-2H3;1-2H3;1H,(H2,2,3)/b13-10+,23-6-,25-7-;6-3-;;. The number of carbonyl (C=O) groups excluding carboxylic acids is 3. The first-order chi connectivity index (χ1) is 22.6. The number of primary amides is 1. The molecule has 0 aliphatic heterocycles. The number of hydrogen-bond acceptors (Lipinski definition) is 4. The second-order valence-electron chi connectivity index (χ2n) is 10.3. The Morgan fingerprint density at radius 2 is 1.55 bits per heavy atom. The van der Waals surface area contributed by atoms with E-state index in [1.54, 1.807) is 6.08 Å². The van der Waals surface area contributed by atoms with Gasteiger partial charge in [-0.2, -0.15) is 0 Å². The summed E-state index contributed by atoms with van der Waals surface area (Å²) in [5.41, 5.74) is 10.7. The third kappa shape index (κ3) is 16.2.